The van der Waals surface area contributed by atoms with Crippen LogP contribution in [0.4, 0.5) is 0 Å². The van der Waals surface area contributed by atoms with E-state index in [2.05, 4.69) is 0 Å². The summed E-state index contributed by atoms with van der Waals surface area (Å²) in [7, 11) is 0. The molecule has 20 heavy (non-hydrogen) atoms. The maximum Gasteiger partial charge on any atom is 0.0617 e. The van der Waals surface area contributed by atoms with E-state index in [1.807, 2.05) is 32.0 Å². The molecule has 0 radical (unpaired) electrons. The Hall–Kier alpha value is -0.240. The second kappa shape index (κ2) is 8.92. The highest BCUT2D eigenvalue weighted by Gasteiger charge is 2.15. The molecule has 0 amide bonds. The molecule has 1 atom stereocenters. The molecule has 0 bridgehead atoms. The van der Waals surface area contributed by atoms with Gasteiger partial charge < -0.3 is 5.11 Å². The largest absolute Gasteiger partial charge is 0.390 e. The lowest BCUT2D eigenvalue weighted by Gasteiger charge is -2.20. The van der Waals surface area contributed by atoms with Crippen LogP contribution in [0.5, 0.6) is 0 Å². The molecule has 0 heterocycles. The third kappa shape index (κ3) is 6.97. The third-order valence-electron chi connectivity index (χ3n) is 3.93. The second-order valence-corrected chi connectivity index (χ2v) is 6.68. The summed E-state index contributed by atoms with van der Waals surface area (Å²) in [5.74, 6) is 0. The first-order valence-electron chi connectivity index (χ1n) is 7.61. The minimum absolute atomic E-state index is 0.472. The molecule has 0 fully saturated rings. The van der Waals surface area contributed by atoms with E-state index in [0.717, 1.165) is 25.7 Å². The zero-order valence-corrected chi connectivity index (χ0v) is 14.1. The Morgan fingerprint density at radius 2 is 1.65 bits per heavy atom. The summed E-state index contributed by atoms with van der Waals surface area (Å²) in [6.07, 6.45) is 8.78. The molecule has 1 nitrogen and oxygen atoms in total. The average Bonchev–Trinajstić information content (AvgIpc) is 2.41. The zero-order valence-electron chi connectivity index (χ0n) is 12.6. The lowest BCUT2D eigenvalue weighted by atomic mass is 9.95. The average molecular weight is 317 g/mol. The van der Waals surface area contributed by atoms with Gasteiger partial charge in [0.15, 0.2) is 0 Å². The Bertz CT molecular complexity index is 402. The van der Waals surface area contributed by atoms with E-state index in [9.17, 15) is 5.11 Å². The minimum atomic E-state index is -0.472. The zero-order chi connectivity index (χ0) is 15.0. The molecule has 0 aromatic heterocycles. The number of rotatable bonds is 9. The molecule has 0 saturated heterocycles. The fourth-order valence-electron chi connectivity index (χ4n) is 2.24. The SMILES string of the molecule is CCC(C)(O)CCCCCCCc1ccc(Cl)c(Cl)c1. The van der Waals surface area contributed by atoms with E-state index >= 15 is 0 Å². The van der Waals surface area contributed by atoms with Crippen LogP contribution in [0.15, 0.2) is 18.2 Å². The number of benzene rings is 1. The fourth-order valence-corrected chi connectivity index (χ4v) is 2.56. The van der Waals surface area contributed by atoms with Crippen LogP contribution in [0.3, 0.4) is 0 Å². The van der Waals surface area contributed by atoms with Gasteiger partial charge in [-0.2, -0.15) is 0 Å². The van der Waals surface area contributed by atoms with E-state index in [4.69, 9.17) is 23.2 Å². The molecule has 3 heteroatoms. The van der Waals surface area contributed by atoms with Crippen molar-refractivity contribution in [2.75, 3.05) is 0 Å². The van der Waals surface area contributed by atoms with Gasteiger partial charge in [-0.15, -0.1) is 0 Å². The highest BCUT2D eigenvalue weighted by Crippen LogP contribution is 2.23. The predicted octanol–water partition coefficient (Wildman–Crippen LogP) is 6.04. The molecule has 0 aliphatic carbocycles. The number of aryl methyl sites for hydroxylation is 1. The maximum absolute atomic E-state index is 9.90. The normalized spacial score (nSPS) is 14.2. The van der Waals surface area contributed by atoms with Crippen molar-refractivity contribution in [1.29, 1.82) is 0 Å². The molecule has 114 valence electrons. The molecular weight excluding hydrogens is 291 g/mol. The fraction of sp³-hybridized carbons (Fsp3) is 0.647. The van der Waals surface area contributed by atoms with Gasteiger partial charge in [0.25, 0.3) is 0 Å². The van der Waals surface area contributed by atoms with Crippen LogP contribution in [0, 0.1) is 0 Å². The van der Waals surface area contributed by atoms with E-state index in [-0.39, 0.29) is 0 Å². The summed E-state index contributed by atoms with van der Waals surface area (Å²) in [6, 6.07) is 5.88. The van der Waals surface area contributed by atoms with Crippen LogP contribution in [-0.4, -0.2) is 10.7 Å². The maximum atomic E-state index is 9.90. The quantitative estimate of drug-likeness (QED) is 0.551. The van der Waals surface area contributed by atoms with Crippen LogP contribution >= 0.6 is 23.2 Å². The molecule has 0 aliphatic heterocycles. The predicted molar refractivity (Wildman–Crippen MR) is 88.8 cm³/mol. The first-order chi connectivity index (χ1) is 9.44. The van der Waals surface area contributed by atoms with Crippen LogP contribution in [0.1, 0.15) is 64.4 Å². The molecule has 0 spiro atoms. The Balaban J connectivity index is 2.09. The van der Waals surface area contributed by atoms with E-state index in [0.29, 0.717) is 10.0 Å². The Labute approximate surface area is 133 Å². The van der Waals surface area contributed by atoms with Gasteiger partial charge in [-0.05, 0) is 50.3 Å². The Kier molecular flexibility index (Phi) is 7.94. The van der Waals surface area contributed by atoms with Crippen molar-refractivity contribution in [3.05, 3.63) is 33.8 Å². The molecule has 1 aromatic rings. The van der Waals surface area contributed by atoms with Gasteiger partial charge in [-0.1, -0.05) is 61.9 Å². The first-order valence-corrected chi connectivity index (χ1v) is 8.36. The molecule has 1 aromatic carbocycles. The number of hydrogen-bond acceptors (Lipinski definition) is 1. The Morgan fingerprint density at radius 3 is 2.30 bits per heavy atom. The molecule has 0 aliphatic rings. The van der Waals surface area contributed by atoms with E-state index in [1.165, 1.54) is 31.2 Å². The van der Waals surface area contributed by atoms with Gasteiger partial charge in [-0.3, -0.25) is 0 Å². The molecule has 1 rings (SSSR count). The summed E-state index contributed by atoms with van der Waals surface area (Å²) in [6.45, 7) is 3.97. The highest BCUT2D eigenvalue weighted by molar-refractivity contribution is 6.42. The minimum Gasteiger partial charge on any atom is -0.390 e. The summed E-state index contributed by atoms with van der Waals surface area (Å²) < 4.78 is 0. The van der Waals surface area contributed by atoms with Crippen LogP contribution in [-0.2, 0) is 6.42 Å². The van der Waals surface area contributed by atoms with Crippen molar-refractivity contribution < 1.29 is 5.11 Å². The Morgan fingerprint density at radius 1 is 1.00 bits per heavy atom. The van der Waals surface area contributed by atoms with Gasteiger partial charge in [0.05, 0.1) is 15.6 Å². The van der Waals surface area contributed by atoms with Gasteiger partial charge in [0, 0.05) is 0 Å². The van der Waals surface area contributed by atoms with Gasteiger partial charge >= 0.3 is 0 Å². The first kappa shape index (κ1) is 17.8. The summed E-state index contributed by atoms with van der Waals surface area (Å²) in [5, 5.41) is 11.2. The third-order valence-corrected chi connectivity index (χ3v) is 4.67. The standard InChI is InChI=1S/C17H26Cl2O/c1-3-17(2,20)12-8-6-4-5-7-9-14-10-11-15(18)16(19)13-14/h10-11,13,20H,3-9,12H2,1-2H3. The topological polar surface area (TPSA) is 20.2 Å². The molecular formula is C17H26Cl2O. The van der Waals surface area contributed by atoms with Crippen molar-refractivity contribution in [3.63, 3.8) is 0 Å². The molecule has 0 saturated carbocycles. The van der Waals surface area contributed by atoms with Crippen LogP contribution in [0.25, 0.3) is 0 Å². The number of aliphatic hydroxyl groups is 1. The van der Waals surface area contributed by atoms with Crippen molar-refractivity contribution in [2.45, 2.75) is 70.8 Å². The summed E-state index contributed by atoms with van der Waals surface area (Å²) in [5.41, 5.74) is 0.786. The van der Waals surface area contributed by atoms with Gasteiger partial charge in [0.1, 0.15) is 0 Å². The number of halogens is 2. The number of hydrogen-bond donors (Lipinski definition) is 1. The highest BCUT2D eigenvalue weighted by atomic mass is 35.5. The molecule has 1 unspecified atom stereocenters. The lowest BCUT2D eigenvalue weighted by molar-refractivity contribution is 0.0442. The van der Waals surface area contributed by atoms with E-state index < -0.39 is 5.60 Å². The number of unbranched alkanes of at least 4 members (excludes halogenated alkanes) is 4. The van der Waals surface area contributed by atoms with Crippen molar-refractivity contribution in [2.24, 2.45) is 0 Å². The van der Waals surface area contributed by atoms with Gasteiger partial charge in [-0.25, -0.2) is 0 Å². The smallest absolute Gasteiger partial charge is 0.0617 e. The molecule has 1 N–H and O–H groups in total. The summed E-state index contributed by atoms with van der Waals surface area (Å²) in [4.78, 5) is 0. The van der Waals surface area contributed by atoms with Crippen LogP contribution < -0.4 is 0 Å². The lowest BCUT2D eigenvalue weighted by Crippen LogP contribution is -2.22. The second-order valence-electron chi connectivity index (χ2n) is 5.87. The van der Waals surface area contributed by atoms with Gasteiger partial charge in [0.2, 0.25) is 0 Å². The van der Waals surface area contributed by atoms with Crippen molar-refractivity contribution in [1.82, 2.24) is 0 Å². The van der Waals surface area contributed by atoms with Crippen LogP contribution in [0.2, 0.25) is 10.0 Å². The monoisotopic (exact) mass is 316 g/mol. The summed E-state index contributed by atoms with van der Waals surface area (Å²) >= 11 is 11.9. The van der Waals surface area contributed by atoms with Crippen molar-refractivity contribution in [3.8, 4) is 0 Å². The van der Waals surface area contributed by atoms with E-state index in [1.54, 1.807) is 0 Å². The van der Waals surface area contributed by atoms with Crippen molar-refractivity contribution >= 4 is 23.2 Å².